The molecule has 3 N–H and O–H groups in total. The fourth-order valence-corrected chi connectivity index (χ4v) is 1.99. The molecule has 5 nitrogen and oxygen atoms in total. The molecule has 0 bridgehead atoms. The number of methoxy groups -OCH3 is 1. The zero-order chi connectivity index (χ0) is 12.2. The van der Waals surface area contributed by atoms with Crippen LogP contribution in [0.15, 0.2) is 0 Å². The summed E-state index contributed by atoms with van der Waals surface area (Å²) >= 11 is 0. The summed E-state index contributed by atoms with van der Waals surface area (Å²) in [5.41, 5.74) is 4.57. The van der Waals surface area contributed by atoms with Gasteiger partial charge in [-0.3, -0.25) is 4.79 Å². The van der Waals surface area contributed by atoms with Crippen LogP contribution in [0.25, 0.3) is 0 Å². The van der Waals surface area contributed by atoms with Crippen molar-refractivity contribution in [3.05, 3.63) is 0 Å². The fraction of sp³-hybridized carbons (Fsp3) is 0.909. The quantitative estimate of drug-likeness (QED) is 0.679. The van der Waals surface area contributed by atoms with Crippen LogP contribution in [0.5, 0.6) is 0 Å². The lowest BCUT2D eigenvalue weighted by atomic mass is 9.99. The van der Waals surface area contributed by atoms with E-state index in [9.17, 15) is 4.79 Å². The highest BCUT2D eigenvalue weighted by atomic mass is 16.5. The number of nitrogens with zero attached hydrogens (tertiary/aromatic N) is 1. The standard InChI is InChI=1S/C11H22N2O3/c1-11(12,10(14)15)4-6-13-5-3-9(7-13)8-16-2/h9H,3-8,12H2,1-2H3,(H,14,15). The van der Waals surface area contributed by atoms with Crippen molar-refractivity contribution in [2.24, 2.45) is 11.7 Å². The highest BCUT2D eigenvalue weighted by molar-refractivity contribution is 5.77. The van der Waals surface area contributed by atoms with Gasteiger partial charge in [0.25, 0.3) is 0 Å². The van der Waals surface area contributed by atoms with Gasteiger partial charge in [-0.05, 0) is 32.2 Å². The summed E-state index contributed by atoms with van der Waals surface area (Å²) in [5.74, 6) is -0.348. The fourth-order valence-electron chi connectivity index (χ4n) is 1.99. The van der Waals surface area contributed by atoms with Crippen LogP contribution in [0, 0.1) is 5.92 Å². The summed E-state index contributed by atoms with van der Waals surface area (Å²) in [4.78, 5) is 13.1. The predicted octanol–water partition coefficient (Wildman–Crippen LogP) is 0.147. The van der Waals surface area contributed by atoms with Gasteiger partial charge in [0.1, 0.15) is 5.54 Å². The number of rotatable bonds is 6. The number of carboxylic acids is 1. The van der Waals surface area contributed by atoms with Gasteiger partial charge in [-0.1, -0.05) is 0 Å². The molecule has 0 aliphatic carbocycles. The van der Waals surface area contributed by atoms with E-state index in [2.05, 4.69) is 4.90 Å². The number of hydrogen-bond donors (Lipinski definition) is 2. The molecule has 1 aliphatic rings. The number of carbonyl (C=O) groups is 1. The minimum absolute atomic E-state index is 0.488. The molecule has 0 saturated carbocycles. The van der Waals surface area contributed by atoms with E-state index in [1.165, 1.54) is 0 Å². The van der Waals surface area contributed by atoms with Crippen molar-refractivity contribution < 1.29 is 14.6 Å². The van der Waals surface area contributed by atoms with Gasteiger partial charge in [0, 0.05) is 20.2 Å². The van der Waals surface area contributed by atoms with Crippen LogP contribution in [0.3, 0.4) is 0 Å². The molecule has 0 aromatic heterocycles. The molecule has 0 aromatic rings. The average Bonchev–Trinajstić information content (AvgIpc) is 2.63. The zero-order valence-corrected chi connectivity index (χ0v) is 10.1. The number of ether oxygens (including phenoxy) is 1. The zero-order valence-electron chi connectivity index (χ0n) is 10.1. The molecule has 1 saturated heterocycles. The number of aliphatic carboxylic acids is 1. The van der Waals surface area contributed by atoms with Crippen molar-refractivity contribution in [2.45, 2.75) is 25.3 Å². The van der Waals surface area contributed by atoms with Crippen LogP contribution < -0.4 is 5.73 Å². The topological polar surface area (TPSA) is 75.8 Å². The molecule has 1 heterocycles. The van der Waals surface area contributed by atoms with Gasteiger partial charge < -0.3 is 20.5 Å². The van der Waals surface area contributed by atoms with Gasteiger partial charge in [-0.2, -0.15) is 0 Å². The van der Waals surface area contributed by atoms with Gasteiger partial charge in [0.2, 0.25) is 0 Å². The Hall–Kier alpha value is -0.650. The minimum Gasteiger partial charge on any atom is -0.480 e. The Morgan fingerprint density at radius 3 is 2.94 bits per heavy atom. The monoisotopic (exact) mass is 230 g/mol. The van der Waals surface area contributed by atoms with Crippen LogP contribution in [-0.4, -0.2) is 54.9 Å². The molecule has 16 heavy (non-hydrogen) atoms. The van der Waals surface area contributed by atoms with Crippen molar-refractivity contribution in [1.29, 1.82) is 0 Å². The summed E-state index contributed by atoms with van der Waals surface area (Å²) in [6.07, 6.45) is 1.62. The van der Waals surface area contributed by atoms with Crippen LogP contribution in [0.1, 0.15) is 19.8 Å². The molecule has 2 unspecified atom stereocenters. The second-order valence-corrected chi connectivity index (χ2v) is 4.88. The van der Waals surface area contributed by atoms with E-state index < -0.39 is 11.5 Å². The number of likely N-dealkylation sites (tertiary alicyclic amines) is 1. The summed E-state index contributed by atoms with van der Waals surface area (Å²) in [5, 5.41) is 8.89. The van der Waals surface area contributed by atoms with Crippen molar-refractivity contribution in [2.75, 3.05) is 33.4 Å². The normalized spacial score (nSPS) is 25.6. The maximum atomic E-state index is 10.8. The number of hydrogen-bond acceptors (Lipinski definition) is 4. The molecule has 94 valence electrons. The maximum Gasteiger partial charge on any atom is 0.323 e. The molecule has 1 aliphatic heterocycles. The molecule has 1 rings (SSSR count). The molecule has 0 spiro atoms. The largest absolute Gasteiger partial charge is 0.480 e. The van der Waals surface area contributed by atoms with E-state index in [1.807, 2.05) is 0 Å². The van der Waals surface area contributed by atoms with E-state index in [0.29, 0.717) is 12.3 Å². The summed E-state index contributed by atoms with van der Waals surface area (Å²) < 4.78 is 5.11. The van der Waals surface area contributed by atoms with Crippen LogP contribution in [-0.2, 0) is 9.53 Å². The highest BCUT2D eigenvalue weighted by Gasteiger charge is 2.30. The lowest BCUT2D eigenvalue weighted by molar-refractivity contribution is -0.143. The molecule has 0 amide bonds. The minimum atomic E-state index is -1.11. The molecular formula is C11H22N2O3. The van der Waals surface area contributed by atoms with Gasteiger partial charge >= 0.3 is 5.97 Å². The van der Waals surface area contributed by atoms with Gasteiger partial charge in [-0.15, -0.1) is 0 Å². The second-order valence-electron chi connectivity index (χ2n) is 4.88. The van der Waals surface area contributed by atoms with Crippen LogP contribution >= 0.6 is 0 Å². The third kappa shape index (κ3) is 3.73. The van der Waals surface area contributed by atoms with Gasteiger partial charge in [-0.25, -0.2) is 0 Å². The van der Waals surface area contributed by atoms with Crippen molar-refractivity contribution in [3.8, 4) is 0 Å². The Morgan fingerprint density at radius 2 is 2.38 bits per heavy atom. The van der Waals surface area contributed by atoms with E-state index in [1.54, 1.807) is 14.0 Å². The Morgan fingerprint density at radius 1 is 1.69 bits per heavy atom. The number of nitrogens with two attached hydrogens (primary N) is 1. The van der Waals surface area contributed by atoms with Crippen LogP contribution in [0.2, 0.25) is 0 Å². The third-order valence-corrected chi connectivity index (χ3v) is 3.21. The molecule has 5 heteroatoms. The summed E-state index contributed by atoms with van der Waals surface area (Å²) in [6, 6.07) is 0. The molecule has 0 aromatic carbocycles. The van der Waals surface area contributed by atoms with E-state index in [-0.39, 0.29) is 0 Å². The Bertz CT molecular complexity index is 243. The SMILES string of the molecule is COCC1CCN(CCC(C)(N)C(=O)O)C1. The molecule has 2 atom stereocenters. The first-order chi connectivity index (χ1) is 7.45. The van der Waals surface area contributed by atoms with E-state index in [4.69, 9.17) is 15.6 Å². The third-order valence-electron chi connectivity index (χ3n) is 3.21. The average molecular weight is 230 g/mol. The van der Waals surface area contributed by atoms with Crippen LogP contribution in [0.4, 0.5) is 0 Å². The summed E-state index contributed by atoms with van der Waals surface area (Å²) in [6.45, 7) is 5.11. The first-order valence-electron chi connectivity index (χ1n) is 5.69. The Balaban J connectivity index is 2.27. The Labute approximate surface area is 96.6 Å². The van der Waals surface area contributed by atoms with Crippen molar-refractivity contribution in [3.63, 3.8) is 0 Å². The summed E-state index contributed by atoms with van der Waals surface area (Å²) in [7, 11) is 1.71. The van der Waals surface area contributed by atoms with E-state index >= 15 is 0 Å². The molecule has 0 radical (unpaired) electrons. The van der Waals surface area contributed by atoms with Crippen molar-refractivity contribution in [1.82, 2.24) is 4.90 Å². The van der Waals surface area contributed by atoms with Gasteiger partial charge in [0.15, 0.2) is 0 Å². The number of carboxylic acid groups (broad SMARTS) is 1. The van der Waals surface area contributed by atoms with Gasteiger partial charge in [0.05, 0.1) is 6.61 Å². The predicted molar refractivity (Wildman–Crippen MR) is 61.3 cm³/mol. The molecule has 1 fully saturated rings. The van der Waals surface area contributed by atoms with E-state index in [0.717, 1.165) is 32.7 Å². The maximum absolute atomic E-state index is 10.8. The lowest BCUT2D eigenvalue weighted by Crippen LogP contribution is -2.47. The molecular weight excluding hydrogens is 208 g/mol. The van der Waals surface area contributed by atoms with Crippen molar-refractivity contribution >= 4 is 5.97 Å². The highest BCUT2D eigenvalue weighted by Crippen LogP contribution is 2.18. The first kappa shape index (κ1) is 13.4. The smallest absolute Gasteiger partial charge is 0.323 e. The second kappa shape index (κ2) is 5.61. The lowest BCUT2D eigenvalue weighted by Gasteiger charge is -2.23. The first-order valence-corrected chi connectivity index (χ1v) is 5.69. The Kier molecular flexibility index (Phi) is 4.70.